The van der Waals surface area contributed by atoms with Crippen LogP contribution in [-0.4, -0.2) is 22.4 Å². The van der Waals surface area contributed by atoms with Gasteiger partial charge in [0, 0.05) is 30.4 Å². The molecule has 2 N–H and O–H groups in total. The van der Waals surface area contributed by atoms with E-state index in [2.05, 4.69) is 40.0 Å². The molecule has 0 saturated carbocycles. The van der Waals surface area contributed by atoms with Gasteiger partial charge in [0.1, 0.15) is 6.04 Å². The van der Waals surface area contributed by atoms with Crippen molar-refractivity contribution in [2.75, 3.05) is 6.54 Å². The van der Waals surface area contributed by atoms with E-state index in [-0.39, 0.29) is 12.1 Å². The Balaban J connectivity index is 1.39. The summed E-state index contributed by atoms with van der Waals surface area (Å²) in [5, 5.41) is 14.6. The molecule has 5 nitrogen and oxygen atoms in total. The lowest BCUT2D eigenvalue weighted by atomic mass is 10.0. The number of urea groups is 1. The fourth-order valence-corrected chi connectivity index (χ4v) is 3.96. The van der Waals surface area contributed by atoms with Gasteiger partial charge in [-0.1, -0.05) is 48.5 Å². The minimum atomic E-state index is -0.184. The average Bonchev–Trinajstić information content (AvgIpc) is 3.41. The first-order chi connectivity index (χ1) is 13.3. The third-order valence-corrected chi connectivity index (χ3v) is 5.46. The van der Waals surface area contributed by atoms with Crippen LogP contribution < -0.4 is 10.6 Å². The molecule has 27 heavy (non-hydrogen) atoms. The second-order valence-corrected chi connectivity index (χ2v) is 7.20. The summed E-state index contributed by atoms with van der Waals surface area (Å²) in [6.07, 6.45) is 3.67. The number of carbonyl (C=O) groups excluding carboxylic acids is 1. The molecule has 4 aromatic rings. The highest BCUT2D eigenvalue weighted by atomic mass is 32.1. The molecule has 0 spiro atoms. The van der Waals surface area contributed by atoms with Crippen molar-refractivity contribution in [1.82, 2.24) is 20.4 Å². The second kappa shape index (κ2) is 8.05. The molecule has 0 bridgehead atoms. The molecule has 1 atom stereocenters. The van der Waals surface area contributed by atoms with Gasteiger partial charge in [0.15, 0.2) is 0 Å². The maximum atomic E-state index is 12.3. The standard InChI is InChI=1S/C21H20N4OS/c26-21(22-14-17-8-3-7-16-6-1-2-9-18(16)17)23-15-19(20-10-4-13-27-20)25-12-5-11-24-25/h1-13,19H,14-15H2,(H2,22,23,26)/t19-/m0/s1. The van der Waals surface area contributed by atoms with Crippen LogP contribution in [0.25, 0.3) is 10.8 Å². The Hall–Kier alpha value is -3.12. The number of nitrogens with zero attached hydrogens (tertiary/aromatic N) is 2. The van der Waals surface area contributed by atoms with Crippen molar-refractivity contribution >= 4 is 28.1 Å². The third-order valence-electron chi connectivity index (χ3n) is 4.49. The summed E-state index contributed by atoms with van der Waals surface area (Å²) in [4.78, 5) is 13.5. The number of amides is 2. The van der Waals surface area contributed by atoms with Gasteiger partial charge in [-0.2, -0.15) is 5.10 Å². The predicted octanol–water partition coefficient (Wildman–Crippen LogP) is 4.19. The van der Waals surface area contributed by atoms with Crippen molar-refractivity contribution in [1.29, 1.82) is 0 Å². The molecular weight excluding hydrogens is 356 g/mol. The summed E-state index contributed by atoms with van der Waals surface area (Å²) in [6.45, 7) is 0.961. The van der Waals surface area contributed by atoms with Crippen LogP contribution in [0.4, 0.5) is 4.79 Å². The van der Waals surface area contributed by atoms with Crippen LogP contribution in [0.1, 0.15) is 16.5 Å². The van der Waals surface area contributed by atoms with E-state index >= 15 is 0 Å². The molecule has 2 aromatic carbocycles. The van der Waals surface area contributed by atoms with E-state index in [9.17, 15) is 4.79 Å². The molecule has 2 heterocycles. The van der Waals surface area contributed by atoms with Crippen LogP contribution in [-0.2, 0) is 6.54 Å². The number of hydrogen-bond acceptors (Lipinski definition) is 3. The minimum Gasteiger partial charge on any atom is -0.336 e. The summed E-state index contributed by atoms with van der Waals surface area (Å²) >= 11 is 1.66. The average molecular weight is 376 g/mol. The zero-order valence-electron chi connectivity index (χ0n) is 14.7. The number of thiophene rings is 1. The van der Waals surface area contributed by atoms with Crippen molar-refractivity contribution < 1.29 is 4.79 Å². The molecule has 0 aliphatic heterocycles. The topological polar surface area (TPSA) is 59.0 Å². The Labute approximate surface area is 161 Å². The molecule has 2 amide bonds. The lowest BCUT2D eigenvalue weighted by Gasteiger charge is -2.17. The van der Waals surface area contributed by atoms with E-state index in [0.29, 0.717) is 13.1 Å². The Morgan fingerprint density at radius 2 is 1.93 bits per heavy atom. The van der Waals surface area contributed by atoms with Crippen LogP contribution >= 0.6 is 11.3 Å². The first-order valence-electron chi connectivity index (χ1n) is 8.82. The van der Waals surface area contributed by atoms with Crippen molar-refractivity contribution in [3.8, 4) is 0 Å². The van der Waals surface area contributed by atoms with Crippen LogP contribution in [0.3, 0.4) is 0 Å². The third kappa shape index (κ3) is 4.01. The molecule has 0 saturated heterocycles. The lowest BCUT2D eigenvalue weighted by molar-refractivity contribution is 0.239. The number of carbonyl (C=O) groups is 1. The molecule has 6 heteroatoms. The molecule has 136 valence electrons. The SMILES string of the molecule is O=C(NCc1cccc2ccccc12)NC[C@@H](c1cccs1)n1cccn1. The van der Waals surface area contributed by atoms with Gasteiger partial charge in [-0.05, 0) is 33.8 Å². The molecule has 0 aliphatic rings. The minimum absolute atomic E-state index is 0.0108. The smallest absolute Gasteiger partial charge is 0.315 e. The van der Waals surface area contributed by atoms with E-state index in [1.165, 1.54) is 5.39 Å². The second-order valence-electron chi connectivity index (χ2n) is 6.22. The van der Waals surface area contributed by atoms with Gasteiger partial charge in [-0.3, -0.25) is 4.68 Å². The van der Waals surface area contributed by atoms with Gasteiger partial charge in [0.25, 0.3) is 0 Å². The van der Waals surface area contributed by atoms with Gasteiger partial charge >= 0.3 is 6.03 Å². The van der Waals surface area contributed by atoms with Crippen LogP contribution in [0.2, 0.25) is 0 Å². The van der Waals surface area contributed by atoms with Crippen molar-refractivity contribution in [3.05, 3.63) is 88.9 Å². The summed E-state index contributed by atoms with van der Waals surface area (Å²) in [5.74, 6) is 0. The fraction of sp³-hybridized carbons (Fsp3) is 0.143. The number of benzene rings is 2. The summed E-state index contributed by atoms with van der Waals surface area (Å²) in [5.41, 5.74) is 1.10. The van der Waals surface area contributed by atoms with Crippen LogP contribution in [0, 0.1) is 0 Å². The molecule has 0 unspecified atom stereocenters. The normalized spacial score (nSPS) is 12.0. The van der Waals surface area contributed by atoms with E-state index in [4.69, 9.17) is 0 Å². The summed E-state index contributed by atoms with van der Waals surface area (Å²) in [6, 6.07) is 20.1. The quantitative estimate of drug-likeness (QED) is 0.530. The van der Waals surface area contributed by atoms with E-state index in [1.54, 1.807) is 17.5 Å². The van der Waals surface area contributed by atoms with E-state index < -0.39 is 0 Å². The maximum absolute atomic E-state index is 12.3. The van der Waals surface area contributed by atoms with Gasteiger partial charge in [-0.25, -0.2) is 4.79 Å². The Bertz CT molecular complexity index is 972. The number of nitrogens with one attached hydrogen (secondary N) is 2. The summed E-state index contributed by atoms with van der Waals surface area (Å²) in [7, 11) is 0. The molecule has 0 fully saturated rings. The van der Waals surface area contributed by atoms with Crippen molar-refractivity contribution in [3.63, 3.8) is 0 Å². The molecule has 2 aromatic heterocycles. The van der Waals surface area contributed by atoms with Crippen LogP contribution in [0.15, 0.2) is 78.4 Å². The Kier molecular flexibility index (Phi) is 5.16. The van der Waals surface area contributed by atoms with E-state index in [1.807, 2.05) is 52.7 Å². The monoisotopic (exact) mass is 376 g/mol. The van der Waals surface area contributed by atoms with Crippen LogP contribution in [0.5, 0.6) is 0 Å². The zero-order valence-corrected chi connectivity index (χ0v) is 15.5. The van der Waals surface area contributed by atoms with Gasteiger partial charge in [-0.15, -0.1) is 11.3 Å². The molecule has 4 rings (SSSR count). The predicted molar refractivity (Wildman–Crippen MR) is 109 cm³/mol. The largest absolute Gasteiger partial charge is 0.336 e. The zero-order chi connectivity index (χ0) is 18.5. The Morgan fingerprint density at radius 3 is 2.74 bits per heavy atom. The van der Waals surface area contributed by atoms with Crippen molar-refractivity contribution in [2.45, 2.75) is 12.6 Å². The van der Waals surface area contributed by atoms with Gasteiger partial charge < -0.3 is 10.6 Å². The molecular formula is C21H20N4OS. The number of aromatic nitrogens is 2. The molecule has 0 radical (unpaired) electrons. The maximum Gasteiger partial charge on any atom is 0.315 e. The highest BCUT2D eigenvalue weighted by Gasteiger charge is 2.16. The fourth-order valence-electron chi connectivity index (χ4n) is 3.14. The highest BCUT2D eigenvalue weighted by molar-refractivity contribution is 7.10. The first-order valence-corrected chi connectivity index (χ1v) is 9.70. The summed E-state index contributed by atoms with van der Waals surface area (Å²) < 4.78 is 1.87. The van der Waals surface area contributed by atoms with Crippen molar-refractivity contribution in [2.24, 2.45) is 0 Å². The van der Waals surface area contributed by atoms with E-state index in [0.717, 1.165) is 15.8 Å². The molecule has 0 aliphatic carbocycles. The number of hydrogen-bond donors (Lipinski definition) is 2. The number of fused-ring (bicyclic) bond motifs is 1. The first kappa shape index (κ1) is 17.3. The Morgan fingerprint density at radius 1 is 1.04 bits per heavy atom. The van der Waals surface area contributed by atoms with Gasteiger partial charge in [0.05, 0.1) is 0 Å². The highest BCUT2D eigenvalue weighted by Crippen LogP contribution is 2.22. The van der Waals surface area contributed by atoms with Gasteiger partial charge in [0.2, 0.25) is 0 Å². The lowest BCUT2D eigenvalue weighted by Crippen LogP contribution is -2.38. The number of rotatable bonds is 6.